The number of carbonyl (C=O) groups is 1. The van der Waals surface area contributed by atoms with Crippen molar-refractivity contribution in [2.24, 2.45) is 5.73 Å². The van der Waals surface area contributed by atoms with Crippen molar-refractivity contribution in [2.45, 2.75) is 71.8 Å². The molecule has 0 aliphatic carbocycles. The van der Waals surface area contributed by atoms with Gasteiger partial charge in [-0.25, -0.2) is 0 Å². The Morgan fingerprint density at radius 3 is 1.76 bits per heavy atom. The summed E-state index contributed by atoms with van der Waals surface area (Å²) in [6.45, 7) is 13.0. The van der Waals surface area contributed by atoms with Gasteiger partial charge >= 0.3 is 5.97 Å². The fourth-order valence-corrected chi connectivity index (χ4v) is 1.19. The van der Waals surface area contributed by atoms with Gasteiger partial charge in [0.15, 0.2) is 0 Å². The lowest BCUT2D eigenvalue weighted by Gasteiger charge is -2.29. The van der Waals surface area contributed by atoms with E-state index in [0.717, 1.165) is 0 Å². The van der Waals surface area contributed by atoms with Crippen molar-refractivity contribution in [3.8, 4) is 0 Å². The highest BCUT2D eigenvalue weighted by atomic mass is 35.5. The van der Waals surface area contributed by atoms with Gasteiger partial charge in [-0.15, -0.1) is 12.4 Å². The summed E-state index contributed by atoms with van der Waals surface area (Å²) in [5.41, 5.74) is 4.94. The van der Waals surface area contributed by atoms with E-state index in [1.54, 1.807) is 6.92 Å². The number of rotatable bonds is 3. The van der Waals surface area contributed by atoms with Crippen LogP contribution >= 0.6 is 12.4 Å². The van der Waals surface area contributed by atoms with Crippen LogP contribution in [0.25, 0.3) is 0 Å². The summed E-state index contributed by atoms with van der Waals surface area (Å²) in [5.74, 6) is -0.427. The van der Waals surface area contributed by atoms with Gasteiger partial charge in [0, 0.05) is 0 Å². The van der Waals surface area contributed by atoms with Gasteiger partial charge in [0.2, 0.25) is 0 Å². The van der Waals surface area contributed by atoms with Crippen LogP contribution in [0.5, 0.6) is 0 Å². The summed E-state index contributed by atoms with van der Waals surface area (Å²) in [7, 11) is 0. The quantitative estimate of drug-likeness (QED) is 0.797. The van der Waals surface area contributed by atoms with Crippen LogP contribution < -0.4 is 5.73 Å². The Morgan fingerprint density at radius 2 is 1.47 bits per heavy atom. The zero-order valence-corrected chi connectivity index (χ0v) is 12.7. The second-order valence-electron chi connectivity index (χ2n) is 5.99. The minimum Gasteiger partial charge on any atom is -0.459 e. The van der Waals surface area contributed by atoms with Crippen LogP contribution in [0.1, 0.15) is 48.5 Å². The van der Waals surface area contributed by atoms with Crippen molar-refractivity contribution in [1.29, 1.82) is 0 Å². The average molecular weight is 268 g/mol. The molecule has 2 N–H and O–H groups in total. The van der Waals surface area contributed by atoms with E-state index in [9.17, 15) is 4.79 Å². The van der Waals surface area contributed by atoms with Gasteiger partial charge in [-0.1, -0.05) is 0 Å². The van der Waals surface area contributed by atoms with Gasteiger partial charge in [0.25, 0.3) is 0 Å². The zero-order chi connectivity index (χ0) is 13.1. The summed E-state index contributed by atoms with van der Waals surface area (Å²) in [6.07, 6.45) is -0.366. The van der Waals surface area contributed by atoms with Gasteiger partial charge in [-0.2, -0.15) is 0 Å². The van der Waals surface area contributed by atoms with Crippen molar-refractivity contribution in [3.05, 3.63) is 0 Å². The third-order valence-corrected chi connectivity index (χ3v) is 1.72. The molecule has 0 heterocycles. The third kappa shape index (κ3) is 9.39. The predicted molar refractivity (Wildman–Crippen MR) is 71.4 cm³/mol. The highest BCUT2D eigenvalue weighted by molar-refractivity contribution is 5.85. The van der Waals surface area contributed by atoms with E-state index >= 15 is 0 Å². The molecule has 0 saturated carbocycles. The van der Waals surface area contributed by atoms with Crippen LogP contribution in [-0.2, 0) is 14.3 Å². The van der Waals surface area contributed by atoms with Crippen LogP contribution in [0, 0.1) is 0 Å². The summed E-state index contributed by atoms with van der Waals surface area (Å²) < 4.78 is 10.8. The molecule has 0 saturated heterocycles. The van der Waals surface area contributed by atoms with E-state index < -0.39 is 17.6 Å². The topological polar surface area (TPSA) is 61.5 Å². The fourth-order valence-electron chi connectivity index (χ4n) is 1.19. The number of ether oxygens (including phenoxy) is 2. The fraction of sp³-hybridized carbons (Fsp3) is 0.917. The molecule has 0 amide bonds. The molecular formula is C12H26ClNO3. The van der Waals surface area contributed by atoms with Gasteiger partial charge in [0.1, 0.15) is 11.6 Å². The number of esters is 1. The highest BCUT2D eigenvalue weighted by Gasteiger charge is 2.29. The number of nitrogens with two attached hydrogens (primary N) is 1. The molecule has 0 radical (unpaired) electrons. The highest BCUT2D eigenvalue weighted by Crippen LogP contribution is 2.15. The Balaban J connectivity index is 0. The van der Waals surface area contributed by atoms with Gasteiger partial charge < -0.3 is 15.2 Å². The molecule has 0 bridgehead atoms. The molecule has 0 aromatic carbocycles. The first-order chi connectivity index (χ1) is 6.92. The van der Waals surface area contributed by atoms with E-state index in [4.69, 9.17) is 15.2 Å². The Kier molecular flexibility index (Phi) is 7.35. The molecule has 0 aromatic rings. The maximum Gasteiger partial charge on any atom is 0.326 e. The van der Waals surface area contributed by atoms with E-state index in [2.05, 4.69) is 0 Å². The Labute approximate surface area is 111 Å². The van der Waals surface area contributed by atoms with Crippen LogP contribution in [-0.4, -0.2) is 29.3 Å². The average Bonchev–Trinajstić information content (AvgIpc) is 1.96. The molecule has 17 heavy (non-hydrogen) atoms. The van der Waals surface area contributed by atoms with Gasteiger partial charge in [-0.05, 0) is 48.5 Å². The lowest BCUT2D eigenvalue weighted by atomic mass is 10.1. The lowest BCUT2D eigenvalue weighted by Crippen LogP contribution is -2.47. The summed E-state index contributed by atoms with van der Waals surface area (Å²) in [6, 6.07) is -0.751. The maximum atomic E-state index is 11.7. The minimum atomic E-state index is -0.751. The van der Waals surface area contributed by atoms with Crippen LogP contribution in [0.15, 0.2) is 0 Å². The number of hydrogen-bond donors (Lipinski definition) is 1. The molecule has 0 spiro atoms. The van der Waals surface area contributed by atoms with Crippen molar-refractivity contribution >= 4 is 18.4 Å². The molecule has 4 nitrogen and oxygen atoms in total. The van der Waals surface area contributed by atoms with E-state index in [0.29, 0.717) is 0 Å². The van der Waals surface area contributed by atoms with Gasteiger partial charge in [0.05, 0.1) is 11.7 Å². The largest absolute Gasteiger partial charge is 0.459 e. The maximum absolute atomic E-state index is 11.7. The van der Waals surface area contributed by atoms with E-state index in [-0.39, 0.29) is 24.1 Å². The Morgan fingerprint density at radius 1 is 1.06 bits per heavy atom. The molecule has 0 aliphatic heterocycles. The Hall–Kier alpha value is -0.320. The van der Waals surface area contributed by atoms with Crippen LogP contribution in [0.4, 0.5) is 0 Å². The first-order valence-electron chi connectivity index (χ1n) is 5.58. The lowest BCUT2D eigenvalue weighted by molar-refractivity contribution is -0.162. The molecule has 0 fully saturated rings. The molecule has 0 aliphatic rings. The zero-order valence-electron chi connectivity index (χ0n) is 11.9. The summed E-state index contributed by atoms with van der Waals surface area (Å²) in [5, 5.41) is 0. The Bertz CT molecular complexity index is 243. The SMILES string of the molecule is CC(OC(C)(C)C)C(N)C(=O)OC(C)(C)C.Cl. The smallest absolute Gasteiger partial charge is 0.326 e. The summed E-state index contributed by atoms with van der Waals surface area (Å²) >= 11 is 0. The van der Waals surface area contributed by atoms with Crippen molar-refractivity contribution in [3.63, 3.8) is 0 Å². The number of hydrogen-bond acceptors (Lipinski definition) is 4. The normalized spacial score (nSPS) is 15.8. The molecule has 2 unspecified atom stereocenters. The van der Waals surface area contributed by atoms with Crippen molar-refractivity contribution in [2.75, 3.05) is 0 Å². The molecule has 104 valence electrons. The second kappa shape index (κ2) is 6.57. The number of carbonyl (C=O) groups excluding carboxylic acids is 1. The van der Waals surface area contributed by atoms with Crippen molar-refractivity contribution in [1.82, 2.24) is 0 Å². The third-order valence-electron chi connectivity index (χ3n) is 1.72. The first kappa shape index (κ1) is 19.0. The predicted octanol–water partition coefficient (Wildman–Crippen LogP) is 2.28. The van der Waals surface area contributed by atoms with Crippen LogP contribution in [0.2, 0.25) is 0 Å². The van der Waals surface area contributed by atoms with E-state index in [1.807, 2.05) is 41.5 Å². The standard InChI is InChI=1S/C12H25NO3.ClH/c1-8(15-11(2,3)4)9(13)10(14)16-12(5,6)7;/h8-9H,13H2,1-7H3;1H. The van der Waals surface area contributed by atoms with Crippen LogP contribution in [0.3, 0.4) is 0 Å². The first-order valence-corrected chi connectivity index (χ1v) is 5.58. The molecule has 0 aromatic heterocycles. The second-order valence-corrected chi connectivity index (χ2v) is 5.99. The molecule has 0 rings (SSSR count). The minimum absolute atomic E-state index is 0. The monoisotopic (exact) mass is 267 g/mol. The number of halogens is 1. The summed E-state index contributed by atoms with van der Waals surface area (Å²) in [4.78, 5) is 11.7. The molecule has 5 heteroatoms. The van der Waals surface area contributed by atoms with Crippen molar-refractivity contribution < 1.29 is 14.3 Å². The van der Waals surface area contributed by atoms with E-state index in [1.165, 1.54) is 0 Å². The van der Waals surface area contributed by atoms with Gasteiger partial charge in [-0.3, -0.25) is 4.79 Å². The molecule has 2 atom stereocenters. The molecular weight excluding hydrogens is 242 g/mol.